The first kappa shape index (κ1) is 13.8. The van der Waals surface area contributed by atoms with Crippen molar-refractivity contribution in [1.82, 2.24) is 9.97 Å². The Labute approximate surface area is 116 Å². The first-order chi connectivity index (χ1) is 9.24. The molecule has 2 rings (SSSR count). The highest BCUT2D eigenvalue weighted by atomic mass is 32.2. The Bertz CT molecular complexity index is 508. The van der Waals surface area contributed by atoms with Gasteiger partial charge in [-0.3, -0.25) is 0 Å². The zero-order valence-corrected chi connectivity index (χ0v) is 11.5. The summed E-state index contributed by atoms with van der Waals surface area (Å²) in [6, 6.07) is 11.3. The highest BCUT2D eigenvalue weighted by Crippen LogP contribution is 2.15. The van der Waals surface area contributed by atoms with Crippen LogP contribution in [0.4, 0.5) is 0 Å². The van der Waals surface area contributed by atoms with Gasteiger partial charge in [0.15, 0.2) is 5.16 Å². The van der Waals surface area contributed by atoms with Gasteiger partial charge in [0.2, 0.25) is 0 Å². The van der Waals surface area contributed by atoms with E-state index < -0.39 is 6.10 Å². The molecule has 0 bridgehead atoms. The van der Waals surface area contributed by atoms with Crippen molar-refractivity contribution in [2.24, 2.45) is 0 Å². The summed E-state index contributed by atoms with van der Waals surface area (Å²) in [4.78, 5) is 8.39. The van der Waals surface area contributed by atoms with Crippen molar-refractivity contribution in [3.05, 3.63) is 48.3 Å². The van der Waals surface area contributed by atoms with Crippen LogP contribution in [0.25, 0.3) is 0 Å². The van der Waals surface area contributed by atoms with Crippen LogP contribution in [0, 0.1) is 6.92 Å². The van der Waals surface area contributed by atoms with Crippen molar-refractivity contribution in [2.75, 3.05) is 12.4 Å². The Morgan fingerprint density at radius 3 is 2.79 bits per heavy atom. The van der Waals surface area contributed by atoms with Gasteiger partial charge in [0, 0.05) is 17.6 Å². The summed E-state index contributed by atoms with van der Waals surface area (Å²) >= 11 is 1.43. The maximum Gasteiger partial charge on any atom is 0.187 e. The van der Waals surface area contributed by atoms with Crippen molar-refractivity contribution in [2.45, 2.75) is 18.2 Å². The van der Waals surface area contributed by atoms with Crippen LogP contribution in [-0.4, -0.2) is 33.5 Å². The van der Waals surface area contributed by atoms with Crippen LogP contribution in [-0.2, 0) is 0 Å². The summed E-state index contributed by atoms with van der Waals surface area (Å²) in [5.74, 6) is 1.27. The number of hydrogen-bond donors (Lipinski definition) is 1. The SMILES string of the molecule is Cc1ccnc(SCC(O)COc2ccccc2)n1. The van der Waals surface area contributed by atoms with Crippen molar-refractivity contribution in [3.8, 4) is 5.75 Å². The van der Waals surface area contributed by atoms with Gasteiger partial charge in [-0.25, -0.2) is 9.97 Å². The lowest BCUT2D eigenvalue weighted by molar-refractivity contribution is 0.126. The molecule has 1 aromatic carbocycles. The number of hydrogen-bond acceptors (Lipinski definition) is 5. The van der Waals surface area contributed by atoms with Gasteiger partial charge >= 0.3 is 0 Å². The van der Waals surface area contributed by atoms with Crippen LogP contribution in [0.15, 0.2) is 47.8 Å². The minimum atomic E-state index is -0.547. The number of thioether (sulfide) groups is 1. The standard InChI is InChI=1S/C14H16N2O2S/c1-11-7-8-15-14(16-11)19-10-12(17)9-18-13-5-3-2-4-6-13/h2-8,12,17H,9-10H2,1H3. The smallest absolute Gasteiger partial charge is 0.187 e. The van der Waals surface area contributed by atoms with E-state index in [1.165, 1.54) is 11.8 Å². The molecule has 0 radical (unpaired) electrons. The van der Waals surface area contributed by atoms with Crippen molar-refractivity contribution < 1.29 is 9.84 Å². The van der Waals surface area contributed by atoms with E-state index in [4.69, 9.17) is 4.74 Å². The van der Waals surface area contributed by atoms with Crippen molar-refractivity contribution >= 4 is 11.8 Å². The van der Waals surface area contributed by atoms with E-state index >= 15 is 0 Å². The lowest BCUT2D eigenvalue weighted by Crippen LogP contribution is -2.20. The molecule has 19 heavy (non-hydrogen) atoms. The first-order valence-corrected chi connectivity index (χ1v) is 7.01. The summed E-state index contributed by atoms with van der Waals surface area (Å²) < 4.78 is 5.48. The Kier molecular flexibility index (Phi) is 5.18. The molecule has 5 heteroatoms. The molecule has 1 aromatic heterocycles. The second-order valence-corrected chi connectivity index (χ2v) is 5.06. The van der Waals surface area contributed by atoms with Crippen LogP contribution in [0.3, 0.4) is 0 Å². The second-order valence-electron chi connectivity index (χ2n) is 4.07. The minimum Gasteiger partial charge on any atom is -0.491 e. The summed E-state index contributed by atoms with van der Waals surface area (Å²) in [6.45, 7) is 2.18. The van der Waals surface area contributed by atoms with Gasteiger partial charge in [-0.2, -0.15) is 0 Å². The highest BCUT2D eigenvalue weighted by Gasteiger charge is 2.07. The van der Waals surface area contributed by atoms with Gasteiger partial charge in [0.05, 0.1) is 6.10 Å². The molecule has 0 aliphatic rings. The maximum atomic E-state index is 9.84. The third kappa shape index (κ3) is 4.89. The fourth-order valence-corrected chi connectivity index (χ4v) is 2.21. The summed E-state index contributed by atoms with van der Waals surface area (Å²) in [7, 11) is 0. The molecule has 0 aliphatic heterocycles. The zero-order valence-electron chi connectivity index (χ0n) is 10.7. The molecule has 100 valence electrons. The number of nitrogens with zero attached hydrogens (tertiary/aromatic N) is 2. The van der Waals surface area contributed by atoms with Crippen LogP contribution in [0.1, 0.15) is 5.69 Å². The maximum absolute atomic E-state index is 9.84. The summed E-state index contributed by atoms with van der Waals surface area (Å²) in [5, 5.41) is 10.5. The monoisotopic (exact) mass is 276 g/mol. The Hall–Kier alpha value is -1.59. The topological polar surface area (TPSA) is 55.2 Å². The number of aliphatic hydroxyl groups excluding tert-OH is 1. The van der Waals surface area contributed by atoms with E-state index in [1.807, 2.05) is 43.3 Å². The van der Waals surface area contributed by atoms with Gasteiger partial charge < -0.3 is 9.84 Å². The van der Waals surface area contributed by atoms with Crippen LogP contribution in [0.2, 0.25) is 0 Å². The fraction of sp³-hybridized carbons (Fsp3) is 0.286. The lowest BCUT2D eigenvalue weighted by Gasteiger charge is -2.11. The molecule has 1 unspecified atom stereocenters. The Morgan fingerprint density at radius 2 is 2.05 bits per heavy atom. The number of rotatable bonds is 6. The molecule has 0 spiro atoms. The van der Waals surface area contributed by atoms with Gasteiger partial charge in [0.1, 0.15) is 12.4 Å². The quantitative estimate of drug-likeness (QED) is 0.648. The van der Waals surface area contributed by atoms with Gasteiger partial charge in [0.25, 0.3) is 0 Å². The number of para-hydroxylation sites is 1. The Morgan fingerprint density at radius 1 is 1.26 bits per heavy atom. The summed E-state index contributed by atoms with van der Waals surface area (Å²) in [6.07, 6.45) is 1.17. The van der Waals surface area contributed by atoms with Crippen LogP contribution in [0.5, 0.6) is 5.75 Å². The lowest BCUT2D eigenvalue weighted by atomic mass is 10.3. The summed E-state index contributed by atoms with van der Waals surface area (Å²) in [5.41, 5.74) is 0.924. The highest BCUT2D eigenvalue weighted by molar-refractivity contribution is 7.99. The largest absolute Gasteiger partial charge is 0.491 e. The van der Waals surface area contributed by atoms with Crippen LogP contribution < -0.4 is 4.74 Å². The van der Waals surface area contributed by atoms with Crippen molar-refractivity contribution in [1.29, 1.82) is 0 Å². The molecule has 1 heterocycles. The van der Waals surface area contributed by atoms with E-state index in [9.17, 15) is 5.11 Å². The molecule has 0 aliphatic carbocycles. The van der Waals surface area contributed by atoms with E-state index in [1.54, 1.807) is 6.20 Å². The third-order valence-electron chi connectivity index (χ3n) is 2.36. The average Bonchev–Trinajstić information content (AvgIpc) is 2.44. The first-order valence-electron chi connectivity index (χ1n) is 6.02. The zero-order chi connectivity index (χ0) is 13.5. The molecule has 1 N–H and O–H groups in total. The number of benzene rings is 1. The fourth-order valence-electron chi connectivity index (χ4n) is 1.42. The van der Waals surface area contributed by atoms with Crippen molar-refractivity contribution in [3.63, 3.8) is 0 Å². The number of ether oxygens (including phenoxy) is 1. The van der Waals surface area contributed by atoms with Crippen LogP contribution >= 0.6 is 11.8 Å². The van der Waals surface area contributed by atoms with Gasteiger partial charge in [-0.05, 0) is 25.1 Å². The molecule has 0 fully saturated rings. The van der Waals surface area contributed by atoms with E-state index in [0.29, 0.717) is 10.9 Å². The second kappa shape index (κ2) is 7.11. The van der Waals surface area contributed by atoms with E-state index in [2.05, 4.69) is 9.97 Å². The Balaban J connectivity index is 1.74. The number of aromatic nitrogens is 2. The molecule has 0 saturated carbocycles. The van der Waals surface area contributed by atoms with E-state index in [0.717, 1.165) is 11.4 Å². The minimum absolute atomic E-state index is 0.267. The van der Waals surface area contributed by atoms with E-state index in [-0.39, 0.29) is 6.61 Å². The predicted octanol–water partition coefficient (Wildman–Crippen LogP) is 2.32. The molecule has 4 nitrogen and oxygen atoms in total. The average molecular weight is 276 g/mol. The van der Waals surface area contributed by atoms with Gasteiger partial charge in [-0.15, -0.1) is 0 Å². The normalized spacial score (nSPS) is 12.1. The molecule has 0 saturated heterocycles. The van der Waals surface area contributed by atoms with Gasteiger partial charge in [-0.1, -0.05) is 30.0 Å². The molecular weight excluding hydrogens is 260 g/mol. The third-order valence-corrected chi connectivity index (χ3v) is 3.37. The molecule has 2 aromatic rings. The predicted molar refractivity (Wildman–Crippen MR) is 75.4 cm³/mol. The molecule has 0 amide bonds. The number of aryl methyl sites for hydroxylation is 1. The number of aliphatic hydroxyl groups is 1. The molecule has 1 atom stereocenters. The molecular formula is C14H16N2O2S.